The molecular formula is C29H40N2O4S. The monoisotopic (exact) mass is 512 g/mol. The third-order valence-corrected chi connectivity index (χ3v) is 8.75. The van der Waals surface area contributed by atoms with Crippen molar-refractivity contribution in [2.75, 3.05) is 39.9 Å². The summed E-state index contributed by atoms with van der Waals surface area (Å²) in [6.45, 7) is 14.3. The fraction of sp³-hybridized carbons (Fsp3) is 0.586. The van der Waals surface area contributed by atoms with Gasteiger partial charge < -0.3 is 19.7 Å². The van der Waals surface area contributed by atoms with Crippen molar-refractivity contribution in [3.05, 3.63) is 40.3 Å². The van der Waals surface area contributed by atoms with Crippen LogP contribution < -0.4 is 10.1 Å². The highest BCUT2D eigenvalue weighted by molar-refractivity contribution is 7.18. The van der Waals surface area contributed by atoms with Crippen molar-refractivity contribution in [2.24, 2.45) is 10.8 Å². The van der Waals surface area contributed by atoms with Gasteiger partial charge in [0.25, 0.3) is 5.91 Å². The molecule has 1 aliphatic heterocycles. The Labute approximate surface area is 219 Å². The summed E-state index contributed by atoms with van der Waals surface area (Å²) < 4.78 is 11.1. The topological polar surface area (TPSA) is 67.9 Å². The lowest BCUT2D eigenvalue weighted by Gasteiger charge is -2.45. The van der Waals surface area contributed by atoms with E-state index in [2.05, 4.69) is 57.3 Å². The van der Waals surface area contributed by atoms with Crippen molar-refractivity contribution < 1.29 is 19.1 Å². The Bertz CT molecular complexity index is 1100. The lowest BCUT2D eigenvalue weighted by molar-refractivity contribution is -0.133. The van der Waals surface area contributed by atoms with Crippen LogP contribution >= 0.6 is 11.3 Å². The molecule has 1 aromatic heterocycles. The smallest absolute Gasteiger partial charge is 0.351 e. The first-order valence-corrected chi connectivity index (χ1v) is 13.7. The molecule has 4 rings (SSSR count). The number of hydrogen-bond donors (Lipinski definition) is 1. The molecule has 36 heavy (non-hydrogen) atoms. The van der Waals surface area contributed by atoms with E-state index in [4.69, 9.17) is 9.47 Å². The molecule has 0 spiro atoms. The number of hydrogen-bond acceptors (Lipinski definition) is 6. The molecule has 0 radical (unpaired) electrons. The first-order chi connectivity index (χ1) is 17.0. The summed E-state index contributed by atoms with van der Waals surface area (Å²) in [5, 5.41) is 3.25. The minimum Gasteiger partial charge on any atom is -0.482 e. The second-order valence-electron chi connectivity index (χ2n) is 11.9. The second kappa shape index (κ2) is 10.5. The average molecular weight is 513 g/mol. The lowest BCUT2D eigenvalue weighted by Crippen LogP contribution is -2.48. The first kappa shape index (κ1) is 26.7. The third kappa shape index (κ3) is 5.94. The largest absolute Gasteiger partial charge is 0.482 e. The molecule has 0 unspecified atom stereocenters. The normalized spacial score (nSPS) is 19.7. The Kier molecular flexibility index (Phi) is 7.81. The van der Waals surface area contributed by atoms with E-state index in [1.165, 1.54) is 43.3 Å². The highest BCUT2D eigenvalue weighted by atomic mass is 32.1. The molecule has 7 heteroatoms. The third-order valence-electron chi connectivity index (χ3n) is 7.45. The van der Waals surface area contributed by atoms with E-state index in [9.17, 15) is 9.59 Å². The van der Waals surface area contributed by atoms with Crippen LogP contribution in [0.5, 0.6) is 5.75 Å². The number of ether oxygens (including phenoxy) is 2. The van der Waals surface area contributed by atoms with E-state index in [1.807, 2.05) is 6.92 Å². The van der Waals surface area contributed by atoms with E-state index < -0.39 is 5.97 Å². The number of amides is 1. The number of nitrogens with zero attached hydrogens (tertiary/aromatic N) is 1. The maximum atomic E-state index is 12.7. The fourth-order valence-corrected chi connectivity index (χ4v) is 7.50. The van der Waals surface area contributed by atoms with Crippen LogP contribution in [0.15, 0.2) is 24.3 Å². The van der Waals surface area contributed by atoms with Crippen molar-refractivity contribution in [1.29, 1.82) is 0 Å². The molecule has 2 heterocycles. The van der Waals surface area contributed by atoms with Gasteiger partial charge in [-0.2, -0.15) is 0 Å². The van der Waals surface area contributed by atoms with Gasteiger partial charge in [0.05, 0.1) is 7.11 Å². The van der Waals surface area contributed by atoms with Gasteiger partial charge in [0, 0.05) is 36.6 Å². The van der Waals surface area contributed by atoms with Crippen molar-refractivity contribution >= 4 is 23.2 Å². The molecule has 6 nitrogen and oxygen atoms in total. The molecule has 0 bridgehead atoms. The summed E-state index contributed by atoms with van der Waals surface area (Å²) in [6.07, 6.45) is 3.56. The van der Waals surface area contributed by atoms with Gasteiger partial charge in [0.1, 0.15) is 5.75 Å². The van der Waals surface area contributed by atoms with Crippen LogP contribution in [0, 0.1) is 17.8 Å². The van der Waals surface area contributed by atoms with Crippen LogP contribution in [-0.2, 0) is 9.53 Å². The maximum Gasteiger partial charge on any atom is 0.351 e. The van der Waals surface area contributed by atoms with E-state index in [1.54, 1.807) is 4.90 Å². The summed E-state index contributed by atoms with van der Waals surface area (Å²) in [7, 11) is 1.37. The van der Waals surface area contributed by atoms with Crippen molar-refractivity contribution in [3.63, 3.8) is 0 Å². The van der Waals surface area contributed by atoms with E-state index in [0.29, 0.717) is 40.5 Å². The molecular weight excluding hydrogens is 472 g/mol. The quantitative estimate of drug-likeness (QED) is 0.507. The zero-order valence-corrected chi connectivity index (χ0v) is 23.3. The summed E-state index contributed by atoms with van der Waals surface area (Å²) in [4.78, 5) is 28.5. The number of rotatable bonds is 6. The van der Waals surface area contributed by atoms with Gasteiger partial charge in [-0.25, -0.2) is 4.79 Å². The molecule has 1 saturated carbocycles. The Morgan fingerprint density at radius 1 is 1.11 bits per heavy atom. The summed E-state index contributed by atoms with van der Waals surface area (Å²) in [5.41, 5.74) is 3.89. The van der Waals surface area contributed by atoms with Crippen molar-refractivity contribution in [3.8, 4) is 16.2 Å². The van der Waals surface area contributed by atoms with E-state index >= 15 is 0 Å². The number of carbonyl (C=O) groups is 2. The van der Waals surface area contributed by atoms with Crippen LogP contribution in [0.25, 0.3) is 10.4 Å². The van der Waals surface area contributed by atoms with Gasteiger partial charge in [-0.1, -0.05) is 52.0 Å². The van der Waals surface area contributed by atoms with Crippen LogP contribution in [0.1, 0.15) is 73.7 Å². The SMILES string of the molecule is COC(=O)c1sc(-c2cccc(C3CC(C)(C)CC(C)(C)C3)c2)c(C)c1OCC(=O)N1CCNCC1. The van der Waals surface area contributed by atoms with E-state index in [-0.39, 0.29) is 12.5 Å². The summed E-state index contributed by atoms with van der Waals surface area (Å²) in [5.74, 6) is 0.446. The number of carbonyl (C=O) groups excluding carboxylic acids is 2. The molecule has 196 valence electrons. The van der Waals surface area contributed by atoms with Gasteiger partial charge >= 0.3 is 5.97 Å². The van der Waals surface area contributed by atoms with E-state index in [0.717, 1.165) is 29.1 Å². The standard InChI is InChI=1S/C29H40N2O4S/c1-19-24(35-17-23(32)31-12-10-30-11-13-31)26(27(33)34-6)36-25(19)21-9-7-8-20(14-21)22-15-28(2,3)18-29(4,5)16-22/h7-9,14,22,30H,10-13,15-18H2,1-6H3. The van der Waals surface area contributed by atoms with Crippen LogP contribution in [-0.4, -0.2) is 56.7 Å². The minimum absolute atomic E-state index is 0.0657. The number of esters is 1. The molecule has 2 fully saturated rings. The first-order valence-electron chi connectivity index (χ1n) is 12.9. The summed E-state index contributed by atoms with van der Waals surface area (Å²) >= 11 is 1.38. The molecule has 1 aromatic carbocycles. The minimum atomic E-state index is -0.439. The van der Waals surface area contributed by atoms with Gasteiger partial charge in [-0.3, -0.25) is 4.79 Å². The Hall–Kier alpha value is -2.38. The number of methoxy groups -OCH3 is 1. The molecule has 2 aliphatic rings. The van der Waals surface area contributed by atoms with Gasteiger partial charge in [0.2, 0.25) is 0 Å². The number of nitrogens with one attached hydrogen (secondary N) is 1. The zero-order valence-electron chi connectivity index (χ0n) is 22.5. The molecule has 1 N–H and O–H groups in total. The Morgan fingerprint density at radius 3 is 2.42 bits per heavy atom. The van der Waals surface area contributed by atoms with Crippen LogP contribution in [0.4, 0.5) is 0 Å². The average Bonchev–Trinajstić information content (AvgIpc) is 3.16. The predicted molar refractivity (Wildman–Crippen MR) is 145 cm³/mol. The van der Waals surface area contributed by atoms with Crippen LogP contribution in [0.2, 0.25) is 0 Å². The maximum absolute atomic E-state index is 12.7. The molecule has 0 atom stereocenters. The molecule has 2 aromatic rings. The molecule has 1 aliphatic carbocycles. The number of thiophene rings is 1. The fourth-order valence-electron chi connectivity index (χ4n) is 6.33. The van der Waals surface area contributed by atoms with Gasteiger partial charge in [-0.05, 0) is 54.1 Å². The van der Waals surface area contributed by atoms with Crippen molar-refractivity contribution in [1.82, 2.24) is 10.2 Å². The van der Waals surface area contributed by atoms with Crippen molar-refractivity contribution in [2.45, 2.75) is 59.8 Å². The second-order valence-corrected chi connectivity index (χ2v) is 12.9. The molecule has 1 amide bonds. The Morgan fingerprint density at radius 2 is 1.78 bits per heavy atom. The van der Waals surface area contributed by atoms with Crippen LogP contribution in [0.3, 0.4) is 0 Å². The Balaban J connectivity index is 1.62. The van der Waals surface area contributed by atoms with Gasteiger partial charge in [-0.15, -0.1) is 11.3 Å². The predicted octanol–water partition coefficient (Wildman–Crippen LogP) is 5.64. The summed E-state index contributed by atoms with van der Waals surface area (Å²) in [6, 6.07) is 8.72. The number of benzene rings is 1. The highest BCUT2D eigenvalue weighted by Crippen LogP contribution is 2.52. The zero-order chi connectivity index (χ0) is 26.1. The lowest BCUT2D eigenvalue weighted by atomic mass is 9.60. The highest BCUT2D eigenvalue weighted by Gasteiger charge is 2.39. The number of piperazine rings is 1. The molecule has 1 saturated heterocycles. The van der Waals surface area contributed by atoms with Gasteiger partial charge in [0.15, 0.2) is 11.5 Å².